The third-order valence-electron chi connectivity index (χ3n) is 5.52. The fraction of sp³-hybridized carbons (Fsp3) is 0.130. The second-order valence-corrected chi connectivity index (χ2v) is 9.20. The minimum atomic E-state index is -1.05. The second-order valence-electron chi connectivity index (χ2n) is 7.47. The lowest BCUT2D eigenvalue weighted by atomic mass is 9.90. The summed E-state index contributed by atoms with van der Waals surface area (Å²) in [5.74, 6) is -2.23. The van der Waals surface area contributed by atoms with Crippen LogP contribution in [0.15, 0.2) is 71.2 Å². The van der Waals surface area contributed by atoms with Crippen LogP contribution in [0.1, 0.15) is 11.6 Å². The Bertz CT molecular complexity index is 1220. The molecule has 2 fully saturated rings. The van der Waals surface area contributed by atoms with Gasteiger partial charge in [0.2, 0.25) is 5.91 Å². The van der Waals surface area contributed by atoms with Gasteiger partial charge in [0, 0.05) is 10.0 Å². The molecule has 2 amide bonds. The van der Waals surface area contributed by atoms with E-state index in [-0.39, 0.29) is 10.2 Å². The Kier molecular flexibility index (Phi) is 5.45. The standard InChI is InChI=1S/C23H14BrCl2FN2O3/c24-17-8-12(6-7-18(17)27)20-19-21(32-29(20)15-4-2-1-3-5-15)23(31)28(22(19)30)16-10-13(25)9-14(26)11-16/h1-11,19-21H. The molecule has 0 aromatic heterocycles. The van der Waals surface area contributed by atoms with E-state index in [1.807, 2.05) is 30.3 Å². The largest absolute Gasteiger partial charge is 0.273 e. The molecule has 3 aromatic carbocycles. The summed E-state index contributed by atoms with van der Waals surface area (Å²) in [7, 11) is 0. The molecular weight excluding hydrogens is 522 g/mol. The Morgan fingerprint density at radius 3 is 2.22 bits per heavy atom. The van der Waals surface area contributed by atoms with Crippen molar-refractivity contribution in [3.05, 3.63) is 92.6 Å². The van der Waals surface area contributed by atoms with Crippen LogP contribution in [0.2, 0.25) is 10.0 Å². The van der Waals surface area contributed by atoms with Crippen LogP contribution in [-0.4, -0.2) is 17.9 Å². The van der Waals surface area contributed by atoms with Crippen molar-refractivity contribution in [1.82, 2.24) is 0 Å². The minimum absolute atomic E-state index is 0.252. The SMILES string of the molecule is O=C1C2ON(c3ccccc3)C(c3ccc(F)c(Br)c3)C2C(=O)N1c1cc(Cl)cc(Cl)c1. The van der Waals surface area contributed by atoms with Gasteiger partial charge in [-0.3, -0.25) is 14.4 Å². The first kappa shape index (κ1) is 21.4. The summed E-state index contributed by atoms with van der Waals surface area (Å²) in [5.41, 5.74) is 1.58. The molecule has 9 heteroatoms. The van der Waals surface area contributed by atoms with E-state index in [1.54, 1.807) is 17.2 Å². The Labute approximate surface area is 201 Å². The van der Waals surface area contributed by atoms with E-state index in [9.17, 15) is 14.0 Å². The van der Waals surface area contributed by atoms with Gasteiger partial charge in [-0.15, -0.1) is 0 Å². The predicted molar refractivity (Wildman–Crippen MR) is 123 cm³/mol. The maximum absolute atomic E-state index is 13.9. The summed E-state index contributed by atoms with van der Waals surface area (Å²) >= 11 is 15.4. The number of amides is 2. The van der Waals surface area contributed by atoms with Crippen LogP contribution in [0, 0.1) is 11.7 Å². The molecule has 5 rings (SSSR count). The van der Waals surface area contributed by atoms with E-state index in [0.29, 0.717) is 21.3 Å². The molecule has 3 aromatic rings. The molecule has 0 saturated carbocycles. The van der Waals surface area contributed by atoms with Gasteiger partial charge in [-0.25, -0.2) is 14.4 Å². The fourth-order valence-electron chi connectivity index (χ4n) is 4.17. The number of benzene rings is 3. The average molecular weight is 536 g/mol. The smallest absolute Gasteiger partial charge is 0.266 e. The Balaban J connectivity index is 1.61. The maximum Gasteiger partial charge on any atom is 0.266 e. The fourth-order valence-corrected chi connectivity index (χ4v) is 5.08. The van der Waals surface area contributed by atoms with Crippen LogP contribution >= 0.6 is 39.1 Å². The van der Waals surface area contributed by atoms with E-state index in [4.69, 9.17) is 28.0 Å². The van der Waals surface area contributed by atoms with Gasteiger partial charge in [0.1, 0.15) is 11.7 Å². The zero-order valence-electron chi connectivity index (χ0n) is 16.2. The van der Waals surface area contributed by atoms with Gasteiger partial charge in [0.15, 0.2) is 6.10 Å². The molecule has 3 atom stereocenters. The van der Waals surface area contributed by atoms with Gasteiger partial charge >= 0.3 is 0 Å². The summed E-state index contributed by atoms with van der Waals surface area (Å²) in [5, 5.41) is 2.15. The van der Waals surface area contributed by atoms with Crippen LogP contribution in [0.5, 0.6) is 0 Å². The average Bonchev–Trinajstić information content (AvgIpc) is 3.26. The van der Waals surface area contributed by atoms with Crippen molar-refractivity contribution in [2.75, 3.05) is 9.96 Å². The maximum atomic E-state index is 13.9. The van der Waals surface area contributed by atoms with E-state index in [1.165, 1.54) is 24.3 Å². The molecule has 2 aliphatic heterocycles. The zero-order chi connectivity index (χ0) is 22.6. The molecule has 2 heterocycles. The third-order valence-corrected chi connectivity index (χ3v) is 6.56. The van der Waals surface area contributed by atoms with Crippen LogP contribution in [0.25, 0.3) is 0 Å². The van der Waals surface area contributed by atoms with Crippen molar-refractivity contribution < 1.29 is 18.8 Å². The Morgan fingerprint density at radius 1 is 0.875 bits per heavy atom. The molecule has 0 bridgehead atoms. The van der Waals surface area contributed by atoms with Gasteiger partial charge in [0.05, 0.1) is 21.9 Å². The number of fused-ring (bicyclic) bond motifs is 1. The van der Waals surface area contributed by atoms with Crippen molar-refractivity contribution in [2.24, 2.45) is 5.92 Å². The number of carbonyl (C=O) groups is 2. The molecule has 3 unspecified atom stereocenters. The lowest BCUT2D eigenvalue weighted by molar-refractivity contribution is -0.126. The van der Waals surface area contributed by atoms with Crippen molar-refractivity contribution in [2.45, 2.75) is 12.1 Å². The van der Waals surface area contributed by atoms with Crippen molar-refractivity contribution in [3.63, 3.8) is 0 Å². The van der Waals surface area contributed by atoms with Gasteiger partial charge in [0.25, 0.3) is 5.91 Å². The highest BCUT2D eigenvalue weighted by molar-refractivity contribution is 9.10. The van der Waals surface area contributed by atoms with Gasteiger partial charge < -0.3 is 0 Å². The second kappa shape index (κ2) is 8.15. The molecule has 0 spiro atoms. The Morgan fingerprint density at radius 2 is 1.56 bits per heavy atom. The molecule has 0 radical (unpaired) electrons. The highest BCUT2D eigenvalue weighted by atomic mass is 79.9. The highest BCUT2D eigenvalue weighted by Gasteiger charge is 2.60. The summed E-state index contributed by atoms with van der Waals surface area (Å²) in [6.45, 7) is 0. The number of para-hydroxylation sites is 1. The first-order valence-corrected chi connectivity index (χ1v) is 11.2. The topological polar surface area (TPSA) is 49.9 Å². The van der Waals surface area contributed by atoms with E-state index in [2.05, 4.69) is 15.9 Å². The van der Waals surface area contributed by atoms with Gasteiger partial charge in [-0.05, 0) is 64.0 Å². The molecule has 162 valence electrons. The number of carbonyl (C=O) groups excluding carboxylic acids is 2. The number of anilines is 2. The zero-order valence-corrected chi connectivity index (χ0v) is 19.3. The number of imide groups is 1. The van der Waals surface area contributed by atoms with Crippen molar-refractivity contribution in [1.29, 1.82) is 0 Å². The molecule has 32 heavy (non-hydrogen) atoms. The quantitative estimate of drug-likeness (QED) is 0.389. The first-order valence-electron chi connectivity index (χ1n) is 9.65. The number of halogens is 4. The lowest BCUT2D eigenvalue weighted by Crippen LogP contribution is -2.37. The van der Waals surface area contributed by atoms with Crippen molar-refractivity contribution in [3.8, 4) is 0 Å². The molecular formula is C23H14BrCl2FN2O3. The van der Waals surface area contributed by atoms with Gasteiger partial charge in [-0.1, -0.05) is 47.5 Å². The Hall–Kier alpha value is -2.45. The number of rotatable bonds is 3. The summed E-state index contributed by atoms with van der Waals surface area (Å²) in [4.78, 5) is 34.0. The highest BCUT2D eigenvalue weighted by Crippen LogP contribution is 2.48. The number of hydroxylamine groups is 1. The van der Waals surface area contributed by atoms with Gasteiger partial charge in [-0.2, -0.15) is 0 Å². The van der Waals surface area contributed by atoms with Crippen LogP contribution in [0.3, 0.4) is 0 Å². The molecule has 0 aliphatic carbocycles. The number of hydrogen-bond donors (Lipinski definition) is 0. The molecule has 2 aliphatic rings. The molecule has 2 saturated heterocycles. The van der Waals surface area contributed by atoms with E-state index < -0.39 is 35.7 Å². The summed E-state index contributed by atoms with van der Waals surface area (Å²) in [6, 6.07) is 17.5. The van der Waals surface area contributed by atoms with E-state index in [0.717, 1.165) is 4.90 Å². The summed E-state index contributed by atoms with van der Waals surface area (Å²) < 4.78 is 14.2. The third kappa shape index (κ3) is 3.49. The van der Waals surface area contributed by atoms with Crippen LogP contribution < -0.4 is 9.96 Å². The lowest BCUT2D eigenvalue weighted by Gasteiger charge is -2.29. The predicted octanol–water partition coefficient (Wildman–Crippen LogP) is 5.95. The number of nitrogens with zero attached hydrogens (tertiary/aromatic N) is 2. The van der Waals surface area contributed by atoms with E-state index >= 15 is 0 Å². The monoisotopic (exact) mass is 534 g/mol. The molecule has 0 N–H and O–H groups in total. The first-order chi connectivity index (χ1) is 15.3. The minimum Gasteiger partial charge on any atom is -0.273 e. The summed E-state index contributed by atoms with van der Waals surface area (Å²) in [6.07, 6.45) is -1.05. The number of hydrogen-bond acceptors (Lipinski definition) is 4. The van der Waals surface area contributed by atoms with Crippen molar-refractivity contribution >= 4 is 62.3 Å². The van der Waals surface area contributed by atoms with Crippen LogP contribution in [0.4, 0.5) is 15.8 Å². The van der Waals surface area contributed by atoms with Crippen LogP contribution in [-0.2, 0) is 14.4 Å². The normalized spacial score (nSPS) is 22.6. The molecule has 5 nitrogen and oxygen atoms in total.